The number of aromatic nitrogens is 2. The van der Waals surface area contributed by atoms with E-state index in [9.17, 15) is 0 Å². The van der Waals surface area contributed by atoms with Crippen LogP contribution in [0.25, 0.3) is 0 Å². The second-order valence-electron chi connectivity index (χ2n) is 7.75. The number of nitrogens with one attached hydrogen (secondary N) is 1. The van der Waals surface area contributed by atoms with Gasteiger partial charge in [0.1, 0.15) is 11.6 Å². The molecule has 6 nitrogen and oxygen atoms in total. The Hall–Kier alpha value is -2.50. The quantitative estimate of drug-likeness (QED) is 0.792. The summed E-state index contributed by atoms with van der Waals surface area (Å²) in [5.41, 5.74) is 1.24. The van der Waals surface area contributed by atoms with Crippen molar-refractivity contribution in [3.8, 4) is 5.75 Å². The van der Waals surface area contributed by atoms with Crippen LogP contribution < -0.4 is 19.9 Å². The molecule has 1 saturated carbocycles. The highest BCUT2D eigenvalue weighted by molar-refractivity contribution is 5.51. The molecule has 2 fully saturated rings. The molecule has 1 aliphatic heterocycles. The Morgan fingerprint density at radius 2 is 1.57 bits per heavy atom. The molecule has 2 aromatic rings. The van der Waals surface area contributed by atoms with Crippen LogP contribution in [0, 0.1) is 0 Å². The molecule has 0 atom stereocenters. The summed E-state index contributed by atoms with van der Waals surface area (Å²) in [7, 11) is 1.70. The van der Waals surface area contributed by atoms with Crippen molar-refractivity contribution in [2.45, 2.75) is 44.6 Å². The first-order valence-corrected chi connectivity index (χ1v) is 10.6. The molecule has 1 N–H and O–H groups in total. The lowest BCUT2D eigenvalue weighted by atomic mass is 10.1. The van der Waals surface area contributed by atoms with Crippen molar-refractivity contribution in [1.82, 2.24) is 9.97 Å². The molecular weight excluding hydrogens is 350 g/mol. The van der Waals surface area contributed by atoms with Crippen LogP contribution in [0.4, 0.5) is 17.5 Å². The van der Waals surface area contributed by atoms with Crippen molar-refractivity contribution in [1.29, 1.82) is 0 Å². The molecule has 1 saturated heterocycles. The molecule has 0 amide bonds. The van der Waals surface area contributed by atoms with Gasteiger partial charge in [-0.25, -0.2) is 4.98 Å². The number of hydrogen-bond donors (Lipinski definition) is 1. The highest BCUT2D eigenvalue weighted by atomic mass is 16.5. The van der Waals surface area contributed by atoms with Gasteiger partial charge in [0.15, 0.2) is 0 Å². The van der Waals surface area contributed by atoms with Crippen molar-refractivity contribution in [2.75, 3.05) is 48.4 Å². The average molecular weight is 382 g/mol. The third-order valence-corrected chi connectivity index (χ3v) is 5.85. The SMILES string of the molecule is COc1ccc(N2CCN(c3nccc(NC4CCCCCC4)n3)CC2)cc1. The lowest BCUT2D eigenvalue weighted by Crippen LogP contribution is -2.47. The van der Waals surface area contributed by atoms with Gasteiger partial charge in [-0.1, -0.05) is 25.7 Å². The van der Waals surface area contributed by atoms with E-state index in [0.29, 0.717) is 6.04 Å². The third-order valence-electron chi connectivity index (χ3n) is 5.85. The first-order chi connectivity index (χ1) is 13.8. The molecular formula is C22H31N5O. The maximum absolute atomic E-state index is 5.25. The van der Waals surface area contributed by atoms with Crippen LogP contribution in [-0.4, -0.2) is 49.3 Å². The number of hydrogen-bond acceptors (Lipinski definition) is 6. The van der Waals surface area contributed by atoms with E-state index >= 15 is 0 Å². The van der Waals surface area contributed by atoms with Gasteiger partial charge in [0.2, 0.25) is 5.95 Å². The zero-order valence-corrected chi connectivity index (χ0v) is 16.8. The number of ether oxygens (including phenoxy) is 1. The fourth-order valence-electron chi connectivity index (χ4n) is 4.17. The van der Waals surface area contributed by atoms with Gasteiger partial charge >= 0.3 is 0 Å². The monoisotopic (exact) mass is 381 g/mol. The Bertz CT molecular complexity index is 735. The van der Waals surface area contributed by atoms with Gasteiger partial charge in [0, 0.05) is 44.1 Å². The van der Waals surface area contributed by atoms with Crippen molar-refractivity contribution < 1.29 is 4.74 Å². The van der Waals surface area contributed by atoms with E-state index in [-0.39, 0.29) is 0 Å². The first kappa shape index (κ1) is 18.8. The molecule has 0 radical (unpaired) electrons. The second-order valence-corrected chi connectivity index (χ2v) is 7.75. The number of methoxy groups -OCH3 is 1. The number of piperazine rings is 1. The predicted octanol–water partition coefficient (Wildman–Crippen LogP) is 3.95. The Kier molecular flexibility index (Phi) is 6.14. The van der Waals surface area contributed by atoms with E-state index in [2.05, 4.69) is 32.2 Å². The molecule has 0 spiro atoms. The molecule has 150 valence electrons. The van der Waals surface area contributed by atoms with E-state index in [1.165, 1.54) is 44.2 Å². The van der Waals surface area contributed by atoms with Crippen LogP contribution in [0.1, 0.15) is 38.5 Å². The molecule has 1 aromatic carbocycles. The summed E-state index contributed by atoms with van der Waals surface area (Å²) in [5.74, 6) is 2.70. The van der Waals surface area contributed by atoms with E-state index in [1.54, 1.807) is 7.11 Å². The smallest absolute Gasteiger partial charge is 0.227 e. The van der Waals surface area contributed by atoms with E-state index in [0.717, 1.165) is 43.7 Å². The average Bonchev–Trinajstić information content (AvgIpc) is 3.03. The highest BCUT2D eigenvalue weighted by Crippen LogP contribution is 2.23. The number of nitrogens with zero attached hydrogens (tertiary/aromatic N) is 4. The lowest BCUT2D eigenvalue weighted by Gasteiger charge is -2.36. The van der Waals surface area contributed by atoms with Gasteiger partial charge in [-0.3, -0.25) is 0 Å². The molecule has 0 unspecified atom stereocenters. The molecule has 2 heterocycles. The Morgan fingerprint density at radius 3 is 2.25 bits per heavy atom. The zero-order chi connectivity index (χ0) is 19.2. The highest BCUT2D eigenvalue weighted by Gasteiger charge is 2.20. The summed E-state index contributed by atoms with van der Waals surface area (Å²) < 4.78 is 5.25. The van der Waals surface area contributed by atoms with Gasteiger partial charge in [-0.05, 0) is 43.2 Å². The van der Waals surface area contributed by atoms with Gasteiger partial charge in [-0.2, -0.15) is 4.98 Å². The summed E-state index contributed by atoms with van der Waals surface area (Å²) in [6.07, 6.45) is 9.76. The minimum absolute atomic E-state index is 0.553. The molecule has 28 heavy (non-hydrogen) atoms. The number of benzene rings is 1. The van der Waals surface area contributed by atoms with Crippen molar-refractivity contribution >= 4 is 17.5 Å². The summed E-state index contributed by atoms with van der Waals surface area (Å²) in [6, 6.07) is 10.9. The normalized spacial score (nSPS) is 18.6. The topological polar surface area (TPSA) is 53.5 Å². The zero-order valence-electron chi connectivity index (χ0n) is 16.8. The second kappa shape index (κ2) is 9.13. The summed E-state index contributed by atoms with van der Waals surface area (Å²) in [6.45, 7) is 3.80. The van der Waals surface area contributed by atoms with Crippen LogP contribution in [0.15, 0.2) is 36.5 Å². The largest absolute Gasteiger partial charge is 0.497 e. The Balaban J connectivity index is 1.35. The molecule has 2 aliphatic rings. The van der Waals surface area contributed by atoms with Gasteiger partial charge in [0.05, 0.1) is 7.11 Å². The van der Waals surface area contributed by atoms with E-state index in [4.69, 9.17) is 9.72 Å². The van der Waals surface area contributed by atoms with Crippen molar-refractivity contribution in [2.24, 2.45) is 0 Å². The summed E-state index contributed by atoms with van der Waals surface area (Å²) >= 11 is 0. The van der Waals surface area contributed by atoms with E-state index in [1.807, 2.05) is 24.4 Å². The van der Waals surface area contributed by atoms with Crippen LogP contribution >= 0.6 is 0 Å². The van der Waals surface area contributed by atoms with Gasteiger partial charge < -0.3 is 19.9 Å². The van der Waals surface area contributed by atoms with Crippen molar-refractivity contribution in [3.63, 3.8) is 0 Å². The molecule has 1 aliphatic carbocycles. The maximum Gasteiger partial charge on any atom is 0.227 e. The number of anilines is 3. The van der Waals surface area contributed by atoms with Crippen molar-refractivity contribution in [3.05, 3.63) is 36.5 Å². The van der Waals surface area contributed by atoms with Gasteiger partial charge in [-0.15, -0.1) is 0 Å². The minimum Gasteiger partial charge on any atom is -0.497 e. The fraction of sp³-hybridized carbons (Fsp3) is 0.545. The minimum atomic E-state index is 0.553. The lowest BCUT2D eigenvalue weighted by molar-refractivity contribution is 0.415. The molecule has 4 rings (SSSR count). The van der Waals surface area contributed by atoms with Gasteiger partial charge in [0.25, 0.3) is 0 Å². The van der Waals surface area contributed by atoms with Crippen LogP contribution in [-0.2, 0) is 0 Å². The molecule has 0 bridgehead atoms. The predicted molar refractivity (Wildman–Crippen MR) is 115 cm³/mol. The Morgan fingerprint density at radius 1 is 0.893 bits per heavy atom. The van der Waals surface area contributed by atoms with Crippen LogP contribution in [0.3, 0.4) is 0 Å². The summed E-state index contributed by atoms with van der Waals surface area (Å²) in [4.78, 5) is 14.0. The third kappa shape index (κ3) is 4.66. The van der Waals surface area contributed by atoms with Crippen LogP contribution in [0.2, 0.25) is 0 Å². The molecule has 1 aromatic heterocycles. The Labute approximate surface area is 167 Å². The first-order valence-electron chi connectivity index (χ1n) is 10.6. The maximum atomic E-state index is 5.25. The summed E-state index contributed by atoms with van der Waals surface area (Å²) in [5, 5.41) is 3.65. The van der Waals surface area contributed by atoms with Crippen LogP contribution in [0.5, 0.6) is 5.75 Å². The fourth-order valence-corrected chi connectivity index (χ4v) is 4.17. The standard InChI is InChI=1S/C22H31N5O/c1-28-20-10-8-19(9-11-20)26-14-16-27(17-15-26)22-23-13-12-21(25-22)24-18-6-4-2-3-5-7-18/h8-13,18H,2-7,14-17H2,1H3,(H,23,24,25). The van der Waals surface area contributed by atoms with E-state index < -0.39 is 0 Å². The number of rotatable bonds is 5. The molecule has 6 heteroatoms.